The lowest BCUT2D eigenvalue weighted by molar-refractivity contribution is -0.123. The summed E-state index contributed by atoms with van der Waals surface area (Å²) in [6.07, 6.45) is 4.70. The number of halogens is 1. The topological polar surface area (TPSA) is 29.1 Å². The van der Waals surface area contributed by atoms with Crippen molar-refractivity contribution in [2.45, 2.75) is 51.1 Å². The summed E-state index contributed by atoms with van der Waals surface area (Å²) in [4.78, 5) is 12.3. The van der Waals surface area contributed by atoms with Gasteiger partial charge in [-0.1, -0.05) is 12.1 Å². The van der Waals surface area contributed by atoms with Gasteiger partial charge in [-0.05, 0) is 49.8 Å². The predicted octanol–water partition coefficient (Wildman–Crippen LogP) is 2.78. The van der Waals surface area contributed by atoms with Gasteiger partial charge in [-0.25, -0.2) is 4.39 Å². The van der Waals surface area contributed by atoms with Crippen molar-refractivity contribution in [3.05, 3.63) is 35.1 Å². The van der Waals surface area contributed by atoms with Crippen LogP contribution in [0.1, 0.15) is 36.8 Å². The number of fused-ring (bicyclic) bond motifs is 2. The number of Topliss-reactive ketones (excluding diaryl/α,β-unsaturated/α-hetero) is 1. The van der Waals surface area contributed by atoms with Gasteiger partial charge in [0.25, 0.3) is 0 Å². The van der Waals surface area contributed by atoms with Crippen LogP contribution in [0.3, 0.4) is 0 Å². The average Bonchev–Trinajstić information content (AvgIpc) is 2.72. The molecule has 2 bridgehead atoms. The van der Waals surface area contributed by atoms with E-state index < -0.39 is 0 Å². The number of aryl methyl sites for hydroxylation is 1. The van der Waals surface area contributed by atoms with Crippen molar-refractivity contribution in [2.24, 2.45) is 5.92 Å². The number of piperidine rings is 1. The molecule has 2 atom stereocenters. The molecule has 2 fully saturated rings. The van der Waals surface area contributed by atoms with Gasteiger partial charge in [0.15, 0.2) is 0 Å². The number of hydrogen-bond donors (Lipinski definition) is 1. The summed E-state index contributed by atoms with van der Waals surface area (Å²) < 4.78 is 13.5. The molecule has 3 rings (SSSR count). The molecule has 1 aromatic rings. The van der Waals surface area contributed by atoms with Crippen LogP contribution in [-0.2, 0) is 11.2 Å². The molecular formula is C16H20FNO. The lowest BCUT2D eigenvalue weighted by Crippen LogP contribution is -2.40. The molecule has 2 nitrogen and oxygen atoms in total. The first kappa shape index (κ1) is 12.8. The molecule has 1 aromatic carbocycles. The molecular weight excluding hydrogens is 241 g/mol. The molecule has 19 heavy (non-hydrogen) atoms. The fraction of sp³-hybridized carbons (Fsp3) is 0.562. The highest BCUT2D eigenvalue weighted by Crippen LogP contribution is 2.32. The Morgan fingerprint density at radius 3 is 2.63 bits per heavy atom. The Kier molecular flexibility index (Phi) is 3.40. The van der Waals surface area contributed by atoms with Crippen LogP contribution in [0, 0.1) is 18.7 Å². The molecule has 3 heteroatoms. The second-order valence-electron chi connectivity index (χ2n) is 6.03. The molecule has 0 amide bonds. The normalized spacial score (nSPS) is 29.5. The number of rotatable bonds is 3. The second-order valence-corrected chi connectivity index (χ2v) is 6.03. The first-order valence-electron chi connectivity index (χ1n) is 7.15. The average molecular weight is 261 g/mol. The Morgan fingerprint density at radius 1 is 1.32 bits per heavy atom. The molecule has 2 aliphatic heterocycles. The smallest absolute Gasteiger partial charge is 0.140 e. The molecule has 1 N–H and O–H groups in total. The molecule has 2 saturated heterocycles. The van der Waals surface area contributed by atoms with Crippen molar-refractivity contribution in [1.82, 2.24) is 5.32 Å². The van der Waals surface area contributed by atoms with Crippen LogP contribution in [0.15, 0.2) is 18.2 Å². The van der Waals surface area contributed by atoms with E-state index in [4.69, 9.17) is 0 Å². The first-order chi connectivity index (χ1) is 9.11. The molecule has 2 aliphatic rings. The third-order valence-electron chi connectivity index (χ3n) is 4.54. The summed E-state index contributed by atoms with van der Waals surface area (Å²) in [5.41, 5.74) is 1.44. The summed E-state index contributed by atoms with van der Waals surface area (Å²) in [6, 6.07) is 6.18. The lowest BCUT2D eigenvalue weighted by Gasteiger charge is -2.28. The number of nitrogens with one attached hydrogen (secondary N) is 1. The van der Waals surface area contributed by atoms with Crippen LogP contribution in [-0.4, -0.2) is 17.9 Å². The molecule has 2 unspecified atom stereocenters. The minimum absolute atomic E-state index is 0.170. The van der Waals surface area contributed by atoms with Crippen LogP contribution in [0.5, 0.6) is 0 Å². The standard InChI is InChI=1S/C16H20FNO/c1-10-2-3-11(6-15(10)17)7-16(19)12-8-13-4-5-14(9-12)18-13/h2-3,6,12-14,18H,4-5,7-9H2,1H3. The third-order valence-corrected chi connectivity index (χ3v) is 4.54. The van der Waals surface area contributed by atoms with E-state index in [0.29, 0.717) is 24.1 Å². The Hall–Kier alpha value is -1.22. The maximum atomic E-state index is 13.5. The summed E-state index contributed by atoms with van der Waals surface area (Å²) in [6.45, 7) is 1.74. The maximum Gasteiger partial charge on any atom is 0.140 e. The minimum atomic E-state index is -0.212. The van der Waals surface area contributed by atoms with Gasteiger partial charge in [0.1, 0.15) is 11.6 Å². The fourth-order valence-corrected chi connectivity index (χ4v) is 3.41. The third kappa shape index (κ3) is 2.71. The van der Waals surface area contributed by atoms with Crippen molar-refractivity contribution in [1.29, 1.82) is 0 Å². The summed E-state index contributed by atoms with van der Waals surface area (Å²) in [5, 5.41) is 3.54. The molecule has 0 spiro atoms. The number of ketones is 1. The van der Waals surface area contributed by atoms with Gasteiger partial charge in [0, 0.05) is 24.4 Å². The Bertz CT molecular complexity index is 488. The van der Waals surface area contributed by atoms with Gasteiger partial charge >= 0.3 is 0 Å². The maximum absolute atomic E-state index is 13.5. The van der Waals surface area contributed by atoms with E-state index in [2.05, 4.69) is 5.32 Å². The predicted molar refractivity (Wildman–Crippen MR) is 72.5 cm³/mol. The molecule has 0 aromatic heterocycles. The van der Waals surface area contributed by atoms with Gasteiger partial charge in [0.2, 0.25) is 0 Å². The molecule has 102 valence electrons. The van der Waals surface area contributed by atoms with Crippen LogP contribution < -0.4 is 5.32 Å². The van der Waals surface area contributed by atoms with E-state index in [9.17, 15) is 9.18 Å². The number of carbonyl (C=O) groups is 1. The Balaban J connectivity index is 1.66. The van der Waals surface area contributed by atoms with E-state index in [0.717, 1.165) is 18.4 Å². The van der Waals surface area contributed by atoms with E-state index in [-0.39, 0.29) is 17.5 Å². The van der Waals surface area contributed by atoms with E-state index in [1.54, 1.807) is 13.0 Å². The summed E-state index contributed by atoms with van der Waals surface area (Å²) in [5.74, 6) is 0.237. The van der Waals surface area contributed by atoms with Gasteiger partial charge in [0.05, 0.1) is 0 Å². The Morgan fingerprint density at radius 2 is 2.00 bits per heavy atom. The molecule has 0 saturated carbocycles. The lowest BCUT2D eigenvalue weighted by atomic mass is 9.86. The van der Waals surface area contributed by atoms with Crippen molar-refractivity contribution >= 4 is 5.78 Å². The largest absolute Gasteiger partial charge is 0.311 e. The van der Waals surface area contributed by atoms with Crippen LogP contribution in [0.2, 0.25) is 0 Å². The van der Waals surface area contributed by atoms with Crippen molar-refractivity contribution in [3.8, 4) is 0 Å². The number of hydrogen-bond acceptors (Lipinski definition) is 2. The zero-order chi connectivity index (χ0) is 13.4. The highest BCUT2D eigenvalue weighted by atomic mass is 19.1. The SMILES string of the molecule is Cc1ccc(CC(=O)C2CC3CCC(C2)N3)cc1F. The van der Waals surface area contributed by atoms with Gasteiger partial charge in [-0.3, -0.25) is 4.79 Å². The zero-order valence-corrected chi connectivity index (χ0v) is 11.3. The van der Waals surface area contributed by atoms with Gasteiger partial charge < -0.3 is 5.32 Å². The number of benzene rings is 1. The highest BCUT2D eigenvalue weighted by Gasteiger charge is 2.36. The van der Waals surface area contributed by atoms with E-state index in [1.165, 1.54) is 18.9 Å². The van der Waals surface area contributed by atoms with Crippen LogP contribution in [0.4, 0.5) is 4.39 Å². The van der Waals surface area contributed by atoms with Gasteiger partial charge in [-0.15, -0.1) is 0 Å². The van der Waals surface area contributed by atoms with Crippen molar-refractivity contribution in [2.75, 3.05) is 0 Å². The summed E-state index contributed by atoms with van der Waals surface area (Å²) in [7, 11) is 0. The van der Waals surface area contributed by atoms with Crippen LogP contribution in [0.25, 0.3) is 0 Å². The molecule has 0 radical (unpaired) electrons. The molecule has 2 heterocycles. The minimum Gasteiger partial charge on any atom is -0.311 e. The van der Waals surface area contributed by atoms with Crippen molar-refractivity contribution < 1.29 is 9.18 Å². The van der Waals surface area contributed by atoms with Crippen LogP contribution >= 0.6 is 0 Å². The Labute approximate surface area is 113 Å². The zero-order valence-electron chi connectivity index (χ0n) is 11.3. The summed E-state index contributed by atoms with van der Waals surface area (Å²) >= 11 is 0. The monoisotopic (exact) mass is 261 g/mol. The van der Waals surface area contributed by atoms with Gasteiger partial charge in [-0.2, -0.15) is 0 Å². The van der Waals surface area contributed by atoms with Crippen molar-refractivity contribution in [3.63, 3.8) is 0 Å². The first-order valence-corrected chi connectivity index (χ1v) is 7.15. The number of carbonyl (C=O) groups excluding carboxylic acids is 1. The highest BCUT2D eigenvalue weighted by molar-refractivity contribution is 5.83. The molecule has 0 aliphatic carbocycles. The second kappa shape index (κ2) is 5.04. The quantitative estimate of drug-likeness (QED) is 0.906. The van der Waals surface area contributed by atoms with E-state index >= 15 is 0 Å². The fourth-order valence-electron chi connectivity index (χ4n) is 3.41. The van der Waals surface area contributed by atoms with E-state index in [1.807, 2.05) is 6.07 Å².